The summed E-state index contributed by atoms with van der Waals surface area (Å²) in [5, 5.41) is 7.23. The number of carbonyl (C=O) groups excluding carboxylic acids is 1. The van der Waals surface area contributed by atoms with E-state index in [9.17, 15) is 4.79 Å². The van der Waals surface area contributed by atoms with Crippen LogP contribution in [0.15, 0.2) is 12.3 Å². The van der Waals surface area contributed by atoms with Crippen LogP contribution in [0, 0.1) is 5.41 Å². The number of aromatic nitrogens is 2. The van der Waals surface area contributed by atoms with Gasteiger partial charge < -0.3 is 11.1 Å². The van der Waals surface area contributed by atoms with Crippen molar-refractivity contribution in [1.82, 2.24) is 15.1 Å². The van der Waals surface area contributed by atoms with E-state index in [-0.39, 0.29) is 11.3 Å². The maximum absolute atomic E-state index is 11.8. The number of carbonyl (C=O) groups is 1. The van der Waals surface area contributed by atoms with Crippen molar-refractivity contribution < 1.29 is 4.79 Å². The van der Waals surface area contributed by atoms with Crippen LogP contribution >= 0.6 is 0 Å². The minimum atomic E-state index is 0.0923. The molecule has 0 aliphatic heterocycles. The summed E-state index contributed by atoms with van der Waals surface area (Å²) in [5.74, 6) is 0.121. The molecule has 1 aromatic rings. The SMILES string of the molecule is Cn1ccc(CCNC(=O)CC2(CN)CCC2)n1. The van der Waals surface area contributed by atoms with Gasteiger partial charge >= 0.3 is 0 Å². The lowest BCUT2D eigenvalue weighted by molar-refractivity contribution is -0.124. The third kappa shape index (κ3) is 3.10. The Morgan fingerprint density at radius 3 is 2.89 bits per heavy atom. The van der Waals surface area contributed by atoms with E-state index in [1.807, 2.05) is 19.3 Å². The van der Waals surface area contributed by atoms with E-state index >= 15 is 0 Å². The minimum Gasteiger partial charge on any atom is -0.356 e. The summed E-state index contributed by atoms with van der Waals surface area (Å²) in [6, 6.07) is 1.97. The Hall–Kier alpha value is -1.36. The molecular formula is C13H22N4O. The molecule has 1 aromatic heterocycles. The third-order valence-corrected chi connectivity index (χ3v) is 3.85. The first-order valence-corrected chi connectivity index (χ1v) is 6.59. The maximum Gasteiger partial charge on any atom is 0.220 e. The highest BCUT2D eigenvalue weighted by Crippen LogP contribution is 2.42. The second kappa shape index (κ2) is 5.52. The zero-order valence-electron chi connectivity index (χ0n) is 11.0. The number of nitrogens with two attached hydrogens (primary N) is 1. The molecule has 0 saturated heterocycles. The molecule has 1 aliphatic carbocycles. The lowest BCUT2D eigenvalue weighted by Gasteiger charge is -2.40. The second-order valence-corrected chi connectivity index (χ2v) is 5.32. The van der Waals surface area contributed by atoms with Crippen molar-refractivity contribution in [3.8, 4) is 0 Å². The van der Waals surface area contributed by atoms with Crippen molar-refractivity contribution in [2.45, 2.75) is 32.1 Å². The van der Waals surface area contributed by atoms with Gasteiger partial charge in [0.2, 0.25) is 5.91 Å². The third-order valence-electron chi connectivity index (χ3n) is 3.85. The molecule has 100 valence electrons. The highest BCUT2D eigenvalue weighted by molar-refractivity contribution is 5.76. The van der Waals surface area contributed by atoms with Crippen LogP contribution < -0.4 is 11.1 Å². The molecule has 0 unspecified atom stereocenters. The Morgan fingerprint density at radius 2 is 2.39 bits per heavy atom. The van der Waals surface area contributed by atoms with Gasteiger partial charge in [0, 0.05) is 32.6 Å². The molecule has 5 heteroatoms. The van der Waals surface area contributed by atoms with E-state index in [0.717, 1.165) is 25.0 Å². The molecule has 0 radical (unpaired) electrons. The fourth-order valence-corrected chi connectivity index (χ4v) is 2.46. The normalized spacial score (nSPS) is 17.2. The van der Waals surface area contributed by atoms with Crippen molar-refractivity contribution in [3.63, 3.8) is 0 Å². The molecule has 2 rings (SSSR count). The summed E-state index contributed by atoms with van der Waals surface area (Å²) >= 11 is 0. The van der Waals surface area contributed by atoms with Crippen LogP contribution in [-0.4, -0.2) is 28.8 Å². The van der Waals surface area contributed by atoms with E-state index in [1.165, 1.54) is 6.42 Å². The van der Waals surface area contributed by atoms with Crippen LogP contribution in [0.25, 0.3) is 0 Å². The van der Waals surface area contributed by atoms with E-state index in [0.29, 0.717) is 19.5 Å². The van der Waals surface area contributed by atoms with Crippen LogP contribution in [0.3, 0.4) is 0 Å². The summed E-state index contributed by atoms with van der Waals surface area (Å²) in [5.41, 5.74) is 6.85. The minimum absolute atomic E-state index is 0.0923. The summed E-state index contributed by atoms with van der Waals surface area (Å²) in [4.78, 5) is 11.8. The van der Waals surface area contributed by atoms with Gasteiger partial charge in [0.25, 0.3) is 0 Å². The number of hydrogen-bond donors (Lipinski definition) is 2. The highest BCUT2D eigenvalue weighted by Gasteiger charge is 2.37. The number of nitrogens with zero attached hydrogens (tertiary/aromatic N) is 2. The number of rotatable bonds is 6. The molecule has 0 aromatic carbocycles. The van der Waals surface area contributed by atoms with Crippen molar-refractivity contribution >= 4 is 5.91 Å². The molecule has 5 nitrogen and oxygen atoms in total. The number of amides is 1. The van der Waals surface area contributed by atoms with Gasteiger partial charge in [-0.15, -0.1) is 0 Å². The zero-order chi connectivity index (χ0) is 13.0. The van der Waals surface area contributed by atoms with Gasteiger partial charge in [-0.05, 0) is 30.9 Å². The van der Waals surface area contributed by atoms with Gasteiger partial charge in [-0.2, -0.15) is 5.10 Å². The van der Waals surface area contributed by atoms with E-state index in [4.69, 9.17) is 5.73 Å². The quantitative estimate of drug-likeness (QED) is 0.776. The van der Waals surface area contributed by atoms with Crippen molar-refractivity contribution in [2.24, 2.45) is 18.2 Å². The van der Waals surface area contributed by atoms with Gasteiger partial charge in [0.05, 0.1) is 5.69 Å². The molecule has 1 amide bonds. The van der Waals surface area contributed by atoms with E-state index in [1.54, 1.807) is 4.68 Å². The lowest BCUT2D eigenvalue weighted by Crippen LogP contribution is -2.42. The van der Waals surface area contributed by atoms with Crippen molar-refractivity contribution in [2.75, 3.05) is 13.1 Å². The molecule has 1 fully saturated rings. The van der Waals surface area contributed by atoms with Crippen LogP contribution in [0.4, 0.5) is 0 Å². The molecule has 0 atom stereocenters. The summed E-state index contributed by atoms with van der Waals surface area (Å²) < 4.78 is 1.77. The number of hydrogen-bond acceptors (Lipinski definition) is 3. The van der Waals surface area contributed by atoms with Crippen LogP contribution in [0.5, 0.6) is 0 Å². The summed E-state index contributed by atoms with van der Waals surface area (Å²) in [6.07, 6.45) is 6.66. The molecule has 0 bridgehead atoms. The van der Waals surface area contributed by atoms with Crippen LogP contribution in [-0.2, 0) is 18.3 Å². The molecule has 1 aliphatic rings. The topological polar surface area (TPSA) is 72.9 Å². The highest BCUT2D eigenvalue weighted by atomic mass is 16.1. The smallest absolute Gasteiger partial charge is 0.220 e. The standard InChI is InChI=1S/C13H22N4O/c1-17-8-4-11(16-17)3-7-15-12(18)9-13(10-14)5-2-6-13/h4,8H,2-3,5-7,9-10,14H2,1H3,(H,15,18). The van der Waals surface area contributed by atoms with Crippen molar-refractivity contribution in [1.29, 1.82) is 0 Å². The summed E-state index contributed by atoms with van der Waals surface area (Å²) in [6.45, 7) is 1.27. The van der Waals surface area contributed by atoms with Gasteiger partial charge in [0.1, 0.15) is 0 Å². The molecule has 1 heterocycles. The number of aryl methyl sites for hydroxylation is 1. The predicted octanol–water partition coefficient (Wildman–Crippen LogP) is 0.598. The Kier molecular flexibility index (Phi) is 4.01. The number of nitrogens with one attached hydrogen (secondary N) is 1. The van der Waals surface area contributed by atoms with Gasteiger partial charge in [-0.3, -0.25) is 9.48 Å². The second-order valence-electron chi connectivity index (χ2n) is 5.32. The molecule has 3 N–H and O–H groups in total. The average Bonchev–Trinajstić information content (AvgIpc) is 2.70. The Morgan fingerprint density at radius 1 is 1.61 bits per heavy atom. The van der Waals surface area contributed by atoms with Crippen LogP contribution in [0.2, 0.25) is 0 Å². The predicted molar refractivity (Wildman–Crippen MR) is 69.9 cm³/mol. The Labute approximate surface area is 108 Å². The fraction of sp³-hybridized carbons (Fsp3) is 0.692. The Balaban J connectivity index is 1.69. The first-order chi connectivity index (χ1) is 8.63. The average molecular weight is 250 g/mol. The molecule has 0 spiro atoms. The molecular weight excluding hydrogens is 228 g/mol. The van der Waals surface area contributed by atoms with Crippen molar-refractivity contribution in [3.05, 3.63) is 18.0 Å². The fourth-order valence-electron chi connectivity index (χ4n) is 2.46. The lowest BCUT2D eigenvalue weighted by atomic mass is 9.66. The largest absolute Gasteiger partial charge is 0.356 e. The molecule has 1 saturated carbocycles. The maximum atomic E-state index is 11.8. The molecule has 18 heavy (non-hydrogen) atoms. The van der Waals surface area contributed by atoms with Gasteiger partial charge in [-0.1, -0.05) is 6.42 Å². The summed E-state index contributed by atoms with van der Waals surface area (Å²) in [7, 11) is 1.89. The van der Waals surface area contributed by atoms with Gasteiger partial charge in [0.15, 0.2) is 0 Å². The van der Waals surface area contributed by atoms with Crippen LogP contribution in [0.1, 0.15) is 31.4 Å². The Bertz CT molecular complexity index is 403. The monoisotopic (exact) mass is 250 g/mol. The van der Waals surface area contributed by atoms with Gasteiger partial charge in [-0.25, -0.2) is 0 Å². The van der Waals surface area contributed by atoms with E-state index < -0.39 is 0 Å². The zero-order valence-corrected chi connectivity index (χ0v) is 11.0. The first-order valence-electron chi connectivity index (χ1n) is 6.59. The first kappa shape index (κ1) is 13.1. The van der Waals surface area contributed by atoms with E-state index in [2.05, 4.69) is 10.4 Å².